The van der Waals surface area contributed by atoms with Crippen molar-refractivity contribution < 1.29 is 9.59 Å². The number of aromatic nitrogens is 4. The Morgan fingerprint density at radius 1 is 1.38 bits per heavy atom. The highest BCUT2D eigenvalue weighted by molar-refractivity contribution is 5.80. The molecule has 0 spiro atoms. The average molecular weight is 358 g/mol. The Balaban J connectivity index is 1.67. The van der Waals surface area contributed by atoms with Gasteiger partial charge in [-0.25, -0.2) is 4.98 Å². The van der Waals surface area contributed by atoms with Gasteiger partial charge in [-0.05, 0) is 26.8 Å². The van der Waals surface area contributed by atoms with E-state index in [0.29, 0.717) is 19.5 Å². The number of amides is 2. The summed E-state index contributed by atoms with van der Waals surface area (Å²) in [6.07, 6.45) is 4.04. The second-order valence-corrected chi connectivity index (χ2v) is 6.87. The first-order valence-electron chi connectivity index (χ1n) is 8.95. The fraction of sp³-hybridized carbons (Fsp3) is 0.556. The summed E-state index contributed by atoms with van der Waals surface area (Å²) in [4.78, 5) is 31.0. The Bertz CT molecular complexity index is 808. The monoisotopic (exact) mass is 358 g/mol. The van der Waals surface area contributed by atoms with E-state index < -0.39 is 0 Å². The van der Waals surface area contributed by atoms with Crippen LogP contribution in [-0.2, 0) is 23.2 Å². The Kier molecular flexibility index (Phi) is 5.11. The van der Waals surface area contributed by atoms with Gasteiger partial charge in [-0.3, -0.25) is 14.3 Å². The number of imidazole rings is 1. The first kappa shape index (κ1) is 18.2. The van der Waals surface area contributed by atoms with Crippen molar-refractivity contribution in [1.29, 1.82) is 0 Å². The number of carbonyl (C=O) groups is 2. The molecular formula is C18H26N6O2. The minimum Gasteiger partial charge on any atom is -0.354 e. The summed E-state index contributed by atoms with van der Waals surface area (Å²) in [7, 11) is 1.93. The SMILES string of the molecule is CCN1C(=O)C[C@@H](CNC(=O)Cn2nc(C)cc2C)[C@@H]1c1nccn1C. The number of nitrogens with zero attached hydrogens (tertiary/aromatic N) is 5. The molecule has 1 aliphatic heterocycles. The lowest BCUT2D eigenvalue weighted by Gasteiger charge is -2.27. The third-order valence-corrected chi connectivity index (χ3v) is 4.96. The number of hydrogen-bond acceptors (Lipinski definition) is 4. The molecule has 0 unspecified atom stereocenters. The second kappa shape index (κ2) is 7.31. The van der Waals surface area contributed by atoms with Gasteiger partial charge >= 0.3 is 0 Å². The van der Waals surface area contributed by atoms with Crippen LogP contribution in [0.3, 0.4) is 0 Å². The molecule has 0 aliphatic carbocycles. The van der Waals surface area contributed by atoms with E-state index >= 15 is 0 Å². The number of nitrogens with one attached hydrogen (secondary N) is 1. The number of rotatable bonds is 6. The minimum absolute atomic E-state index is 0.00737. The molecule has 0 aromatic carbocycles. The van der Waals surface area contributed by atoms with E-state index in [1.807, 2.05) is 49.5 Å². The zero-order valence-corrected chi connectivity index (χ0v) is 15.8. The van der Waals surface area contributed by atoms with Crippen molar-refractivity contribution in [3.63, 3.8) is 0 Å². The molecule has 1 aliphatic rings. The van der Waals surface area contributed by atoms with E-state index in [4.69, 9.17) is 0 Å². The maximum absolute atomic E-state index is 12.4. The molecule has 1 fully saturated rings. The summed E-state index contributed by atoms with van der Waals surface area (Å²) in [6, 6.07) is 1.83. The van der Waals surface area contributed by atoms with Gasteiger partial charge in [0, 0.05) is 50.6 Å². The van der Waals surface area contributed by atoms with Gasteiger partial charge in [-0.15, -0.1) is 0 Å². The van der Waals surface area contributed by atoms with E-state index in [2.05, 4.69) is 15.4 Å². The standard InChI is InChI=1S/C18H26N6O2/c1-5-23-16(26)9-14(17(23)18-19-6-7-22(18)4)10-20-15(25)11-24-13(3)8-12(2)21-24/h6-8,14,17H,5,9-11H2,1-4H3,(H,20,25)/t14-,17+/m0/s1. The van der Waals surface area contributed by atoms with Crippen LogP contribution in [0, 0.1) is 19.8 Å². The minimum atomic E-state index is -0.110. The zero-order valence-electron chi connectivity index (χ0n) is 15.8. The van der Waals surface area contributed by atoms with Gasteiger partial charge in [-0.1, -0.05) is 0 Å². The number of carbonyl (C=O) groups excluding carboxylic acids is 2. The molecule has 3 rings (SSSR count). The van der Waals surface area contributed by atoms with Gasteiger partial charge in [0.15, 0.2) is 0 Å². The van der Waals surface area contributed by atoms with Crippen LogP contribution in [0.1, 0.15) is 36.6 Å². The van der Waals surface area contributed by atoms with Crippen LogP contribution in [0.25, 0.3) is 0 Å². The van der Waals surface area contributed by atoms with Crippen LogP contribution in [0.4, 0.5) is 0 Å². The highest BCUT2D eigenvalue weighted by atomic mass is 16.2. The molecule has 0 saturated carbocycles. The molecule has 8 heteroatoms. The molecule has 26 heavy (non-hydrogen) atoms. The maximum Gasteiger partial charge on any atom is 0.241 e. The quantitative estimate of drug-likeness (QED) is 0.833. The fourth-order valence-electron chi connectivity index (χ4n) is 3.70. The van der Waals surface area contributed by atoms with Crippen molar-refractivity contribution in [3.05, 3.63) is 35.7 Å². The summed E-state index contributed by atoms with van der Waals surface area (Å²) in [5.41, 5.74) is 1.85. The predicted molar refractivity (Wildman–Crippen MR) is 96.2 cm³/mol. The molecule has 2 aromatic rings. The number of likely N-dealkylation sites (tertiary alicyclic amines) is 1. The van der Waals surface area contributed by atoms with Crippen molar-refractivity contribution in [2.24, 2.45) is 13.0 Å². The molecule has 1 N–H and O–H groups in total. The fourth-order valence-corrected chi connectivity index (χ4v) is 3.70. The van der Waals surface area contributed by atoms with E-state index in [1.165, 1.54) is 0 Å². The summed E-state index contributed by atoms with van der Waals surface area (Å²) < 4.78 is 3.63. The Labute approximate surface area is 153 Å². The first-order valence-corrected chi connectivity index (χ1v) is 8.95. The Morgan fingerprint density at radius 3 is 2.73 bits per heavy atom. The van der Waals surface area contributed by atoms with E-state index in [0.717, 1.165) is 17.2 Å². The van der Waals surface area contributed by atoms with Crippen molar-refractivity contribution in [3.8, 4) is 0 Å². The molecule has 0 radical (unpaired) electrons. The molecule has 8 nitrogen and oxygen atoms in total. The molecule has 140 valence electrons. The largest absolute Gasteiger partial charge is 0.354 e. The van der Waals surface area contributed by atoms with Gasteiger partial charge < -0.3 is 14.8 Å². The lowest BCUT2D eigenvalue weighted by molar-refractivity contribution is -0.129. The average Bonchev–Trinajstić information content (AvgIpc) is 3.23. The topological polar surface area (TPSA) is 85.1 Å². The smallest absolute Gasteiger partial charge is 0.241 e. The highest BCUT2D eigenvalue weighted by Gasteiger charge is 2.41. The molecule has 2 aromatic heterocycles. The highest BCUT2D eigenvalue weighted by Crippen LogP contribution is 2.36. The van der Waals surface area contributed by atoms with Crippen LogP contribution >= 0.6 is 0 Å². The van der Waals surface area contributed by atoms with Crippen LogP contribution in [0.15, 0.2) is 18.5 Å². The number of hydrogen-bond donors (Lipinski definition) is 1. The predicted octanol–water partition coefficient (Wildman–Crippen LogP) is 0.959. The summed E-state index contributed by atoms with van der Waals surface area (Å²) in [5, 5.41) is 7.29. The van der Waals surface area contributed by atoms with Gasteiger partial charge in [0.1, 0.15) is 12.4 Å². The van der Waals surface area contributed by atoms with Crippen LogP contribution in [-0.4, -0.2) is 49.1 Å². The lowest BCUT2D eigenvalue weighted by Crippen LogP contribution is -2.36. The number of aryl methyl sites for hydroxylation is 3. The third kappa shape index (κ3) is 3.49. The van der Waals surface area contributed by atoms with Crippen LogP contribution in [0.5, 0.6) is 0 Å². The van der Waals surface area contributed by atoms with E-state index in [9.17, 15) is 9.59 Å². The molecule has 2 amide bonds. The van der Waals surface area contributed by atoms with E-state index in [1.54, 1.807) is 10.9 Å². The van der Waals surface area contributed by atoms with Crippen molar-refractivity contribution >= 4 is 11.8 Å². The van der Waals surface area contributed by atoms with Crippen molar-refractivity contribution in [1.82, 2.24) is 29.5 Å². The van der Waals surface area contributed by atoms with Crippen LogP contribution < -0.4 is 5.32 Å². The molecule has 3 heterocycles. The second-order valence-electron chi connectivity index (χ2n) is 6.87. The van der Waals surface area contributed by atoms with Gasteiger partial charge in [0.25, 0.3) is 0 Å². The zero-order chi connectivity index (χ0) is 18.8. The Morgan fingerprint density at radius 2 is 2.15 bits per heavy atom. The normalized spacial score (nSPS) is 20.0. The third-order valence-electron chi connectivity index (χ3n) is 4.96. The summed E-state index contributed by atoms with van der Waals surface area (Å²) in [5.74, 6) is 0.874. The van der Waals surface area contributed by atoms with E-state index in [-0.39, 0.29) is 30.3 Å². The molecule has 2 atom stereocenters. The first-order chi connectivity index (χ1) is 12.4. The lowest BCUT2D eigenvalue weighted by atomic mass is 9.99. The molecule has 0 bridgehead atoms. The summed E-state index contributed by atoms with van der Waals surface area (Å²) >= 11 is 0. The Hall–Kier alpha value is -2.64. The van der Waals surface area contributed by atoms with Gasteiger partial charge in [-0.2, -0.15) is 5.10 Å². The maximum atomic E-state index is 12.4. The van der Waals surface area contributed by atoms with Crippen molar-refractivity contribution in [2.45, 2.75) is 39.8 Å². The van der Waals surface area contributed by atoms with Crippen LogP contribution in [0.2, 0.25) is 0 Å². The molecule has 1 saturated heterocycles. The summed E-state index contributed by atoms with van der Waals surface area (Å²) in [6.45, 7) is 7.06. The van der Waals surface area contributed by atoms with Crippen molar-refractivity contribution in [2.75, 3.05) is 13.1 Å². The van der Waals surface area contributed by atoms with Gasteiger partial charge in [0.05, 0.1) is 11.7 Å². The molecular weight excluding hydrogens is 332 g/mol. The van der Waals surface area contributed by atoms with Gasteiger partial charge in [0.2, 0.25) is 11.8 Å².